The monoisotopic (exact) mass is 345 g/mol. The molecule has 0 saturated heterocycles. The maximum atomic E-state index is 11.9. The lowest BCUT2D eigenvalue weighted by atomic mass is 10.2. The van der Waals surface area contributed by atoms with Gasteiger partial charge in [0.05, 0.1) is 5.69 Å². The second-order valence-electron chi connectivity index (χ2n) is 5.36. The lowest BCUT2D eigenvalue weighted by molar-refractivity contribution is -0.117. The van der Waals surface area contributed by atoms with Crippen LogP contribution in [-0.4, -0.2) is 16.0 Å². The molecule has 1 aliphatic carbocycles. The number of hydrogen-bond acceptors (Lipinski definition) is 5. The molecule has 1 N–H and O–H groups in total. The molecule has 3 aromatic rings. The Morgan fingerprint density at radius 1 is 1.26 bits per heavy atom. The Kier molecular flexibility index (Phi) is 3.63. The maximum Gasteiger partial charge on any atom is 0.270 e. The normalized spacial score (nSPS) is 14.0. The van der Waals surface area contributed by atoms with Gasteiger partial charge in [-0.05, 0) is 48.6 Å². The lowest BCUT2D eigenvalue weighted by Crippen LogP contribution is -2.13. The highest BCUT2D eigenvalue weighted by Gasteiger charge is 2.30. The molecule has 116 valence electrons. The smallest absolute Gasteiger partial charge is 0.270 e. The highest BCUT2D eigenvalue weighted by atomic mass is 35.5. The molecular formula is C16H12ClN3O2S. The maximum absolute atomic E-state index is 11.9. The van der Waals surface area contributed by atoms with Crippen molar-refractivity contribution in [2.45, 2.75) is 12.8 Å². The van der Waals surface area contributed by atoms with E-state index >= 15 is 0 Å². The van der Waals surface area contributed by atoms with Crippen LogP contribution in [0.25, 0.3) is 22.2 Å². The molecule has 1 aromatic carbocycles. The fourth-order valence-corrected chi connectivity index (χ4v) is 3.08. The summed E-state index contributed by atoms with van der Waals surface area (Å²) in [6.07, 6.45) is 1.93. The summed E-state index contributed by atoms with van der Waals surface area (Å²) in [4.78, 5) is 17.1. The molecule has 1 aliphatic rings. The van der Waals surface area contributed by atoms with Gasteiger partial charge in [0.25, 0.3) is 5.89 Å². The third kappa shape index (κ3) is 3.00. The highest BCUT2D eigenvalue weighted by molar-refractivity contribution is 7.14. The van der Waals surface area contributed by atoms with E-state index in [0.29, 0.717) is 16.7 Å². The third-order valence-electron chi connectivity index (χ3n) is 3.59. The second-order valence-corrected chi connectivity index (χ2v) is 6.71. The molecule has 4 rings (SSSR count). The number of thiophene rings is 1. The summed E-state index contributed by atoms with van der Waals surface area (Å²) >= 11 is 7.34. The largest absolute Gasteiger partial charge is 0.333 e. The van der Waals surface area contributed by atoms with Gasteiger partial charge in [0.1, 0.15) is 4.88 Å². The van der Waals surface area contributed by atoms with Gasteiger partial charge in [-0.2, -0.15) is 4.98 Å². The van der Waals surface area contributed by atoms with E-state index < -0.39 is 0 Å². The van der Waals surface area contributed by atoms with Crippen molar-refractivity contribution in [2.75, 3.05) is 5.32 Å². The molecule has 0 bridgehead atoms. The molecule has 1 amide bonds. The molecule has 1 fully saturated rings. The van der Waals surface area contributed by atoms with Crippen LogP contribution in [0.5, 0.6) is 0 Å². The van der Waals surface area contributed by atoms with E-state index in [1.165, 1.54) is 11.3 Å². The van der Waals surface area contributed by atoms with Crippen LogP contribution in [0.2, 0.25) is 5.02 Å². The minimum absolute atomic E-state index is 0.0575. The summed E-state index contributed by atoms with van der Waals surface area (Å²) in [5.41, 5.74) is 1.54. The van der Waals surface area contributed by atoms with Gasteiger partial charge in [0.15, 0.2) is 0 Å². The Bertz CT molecular complexity index is 852. The van der Waals surface area contributed by atoms with Gasteiger partial charge in [0.2, 0.25) is 11.7 Å². The van der Waals surface area contributed by atoms with E-state index in [9.17, 15) is 4.79 Å². The van der Waals surface area contributed by atoms with E-state index in [1.54, 1.807) is 12.1 Å². The predicted molar refractivity (Wildman–Crippen MR) is 89.4 cm³/mol. The Hall–Kier alpha value is -2.18. The van der Waals surface area contributed by atoms with Crippen molar-refractivity contribution in [1.29, 1.82) is 0 Å². The summed E-state index contributed by atoms with van der Waals surface area (Å²) in [5.74, 6) is 1.10. The van der Waals surface area contributed by atoms with Gasteiger partial charge in [-0.25, -0.2) is 0 Å². The number of nitrogens with zero attached hydrogens (tertiary/aromatic N) is 2. The van der Waals surface area contributed by atoms with Crippen molar-refractivity contribution in [3.8, 4) is 22.2 Å². The quantitative estimate of drug-likeness (QED) is 0.757. The molecule has 7 heteroatoms. The van der Waals surface area contributed by atoms with E-state index in [1.807, 2.05) is 23.6 Å². The van der Waals surface area contributed by atoms with Crippen molar-refractivity contribution in [3.63, 3.8) is 0 Å². The zero-order valence-corrected chi connectivity index (χ0v) is 13.5. The zero-order chi connectivity index (χ0) is 15.8. The number of hydrogen-bond donors (Lipinski definition) is 1. The summed E-state index contributed by atoms with van der Waals surface area (Å²) in [7, 11) is 0. The van der Waals surface area contributed by atoms with Crippen molar-refractivity contribution in [2.24, 2.45) is 5.92 Å². The standard InChI is InChI=1S/C16H12ClN3O2S/c17-11-5-3-9(4-6-11)14-19-16(22-20-14)13-12(7-8-23-13)18-15(21)10-1-2-10/h3-8,10H,1-2H2,(H,18,21). The van der Waals surface area contributed by atoms with Crippen LogP contribution in [-0.2, 0) is 4.79 Å². The second kappa shape index (κ2) is 5.79. The van der Waals surface area contributed by atoms with E-state index in [0.717, 1.165) is 29.0 Å². The molecule has 23 heavy (non-hydrogen) atoms. The number of halogens is 1. The SMILES string of the molecule is O=C(Nc1ccsc1-c1nc(-c2ccc(Cl)cc2)no1)C1CC1. The molecule has 0 atom stereocenters. The first-order valence-corrected chi connectivity index (χ1v) is 8.45. The Labute approximate surface area is 141 Å². The minimum Gasteiger partial charge on any atom is -0.333 e. The number of carbonyl (C=O) groups excluding carboxylic acids is 1. The first-order chi connectivity index (χ1) is 11.2. The molecule has 1 saturated carbocycles. The average Bonchev–Trinajstić information content (AvgIpc) is 3.12. The first kappa shape index (κ1) is 14.4. The van der Waals surface area contributed by atoms with Crippen LogP contribution < -0.4 is 5.32 Å². The van der Waals surface area contributed by atoms with Gasteiger partial charge in [-0.1, -0.05) is 16.8 Å². The van der Waals surface area contributed by atoms with Crippen LogP contribution in [0.1, 0.15) is 12.8 Å². The summed E-state index contributed by atoms with van der Waals surface area (Å²) in [6.45, 7) is 0. The van der Waals surface area contributed by atoms with Gasteiger partial charge in [-0.15, -0.1) is 11.3 Å². The molecule has 0 aliphatic heterocycles. The number of benzene rings is 1. The van der Waals surface area contributed by atoms with Crippen molar-refractivity contribution in [1.82, 2.24) is 10.1 Å². The van der Waals surface area contributed by atoms with Gasteiger partial charge in [-0.3, -0.25) is 4.79 Å². The Morgan fingerprint density at radius 2 is 2.04 bits per heavy atom. The highest BCUT2D eigenvalue weighted by Crippen LogP contribution is 2.36. The number of aromatic nitrogens is 2. The summed E-state index contributed by atoms with van der Waals surface area (Å²) in [5, 5.41) is 9.48. The van der Waals surface area contributed by atoms with Crippen LogP contribution in [0.3, 0.4) is 0 Å². The predicted octanol–water partition coefficient (Wildman–Crippen LogP) is 4.47. The van der Waals surface area contributed by atoms with Crippen LogP contribution in [0, 0.1) is 5.92 Å². The molecule has 0 unspecified atom stereocenters. The Morgan fingerprint density at radius 3 is 2.78 bits per heavy atom. The van der Waals surface area contributed by atoms with Crippen molar-refractivity contribution >= 4 is 34.5 Å². The molecule has 0 radical (unpaired) electrons. The van der Waals surface area contributed by atoms with Gasteiger partial charge < -0.3 is 9.84 Å². The number of anilines is 1. The van der Waals surface area contributed by atoms with Crippen LogP contribution in [0.15, 0.2) is 40.2 Å². The Balaban J connectivity index is 1.60. The minimum atomic E-state index is 0.0575. The van der Waals surface area contributed by atoms with Crippen LogP contribution in [0.4, 0.5) is 5.69 Å². The third-order valence-corrected chi connectivity index (χ3v) is 4.75. The lowest BCUT2D eigenvalue weighted by Gasteiger charge is -2.02. The van der Waals surface area contributed by atoms with E-state index in [-0.39, 0.29) is 11.8 Å². The first-order valence-electron chi connectivity index (χ1n) is 7.19. The van der Waals surface area contributed by atoms with Crippen molar-refractivity contribution in [3.05, 3.63) is 40.7 Å². The van der Waals surface area contributed by atoms with Gasteiger partial charge >= 0.3 is 0 Å². The molecular weight excluding hydrogens is 334 g/mol. The zero-order valence-electron chi connectivity index (χ0n) is 12.0. The topological polar surface area (TPSA) is 68.0 Å². The van der Waals surface area contributed by atoms with Crippen LogP contribution >= 0.6 is 22.9 Å². The fourth-order valence-electron chi connectivity index (χ4n) is 2.19. The summed E-state index contributed by atoms with van der Waals surface area (Å²) in [6, 6.07) is 9.08. The van der Waals surface area contributed by atoms with E-state index in [2.05, 4.69) is 15.5 Å². The molecule has 2 heterocycles. The van der Waals surface area contributed by atoms with E-state index in [4.69, 9.17) is 16.1 Å². The van der Waals surface area contributed by atoms with Crippen molar-refractivity contribution < 1.29 is 9.32 Å². The molecule has 5 nitrogen and oxygen atoms in total. The number of amides is 1. The molecule has 0 spiro atoms. The summed E-state index contributed by atoms with van der Waals surface area (Å²) < 4.78 is 5.36. The number of nitrogens with one attached hydrogen (secondary N) is 1. The number of rotatable bonds is 4. The van der Waals surface area contributed by atoms with Gasteiger partial charge in [0, 0.05) is 16.5 Å². The fraction of sp³-hybridized carbons (Fsp3) is 0.188. The number of carbonyl (C=O) groups is 1. The average molecular weight is 346 g/mol. The molecule has 2 aromatic heterocycles.